The summed E-state index contributed by atoms with van der Waals surface area (Å²) in [6, 6.07) is 5.71. The standard InChI is InChI=1S/C14H20N2O3/c1-15(12(8-17)9-18)7-10-3-4-13-11(5-10)6-14(19)16(13)2/h3-5,12,17-18H,6-9H2,1-2H3. The monoisotopic (exact) mass is 264 g/mol. The molecule has 104 valence electrons. The van der Waals surface area contributed by atoms with Gasteiger partial charge in [-0.1, -0.05) is 12.1 Å². The molecule has 1 aliphatic rings. The minimum atomic E-state index is -0.252. The van der Waals surface area contributed by atoms with Crippen LogP contribution in [-0.4, -0.2) is 54.4 Å². The van der Waals surface area contributed by atoms with Crippen molar-refractivity contribution in [3.63, 3.8) is 0 Å². The number of fused-ring (bicyclic) bond motifs is 1. The molecule has 0 aliphatic carbocycles. The van der Waals surface area contributed by atoms with Gasteiger partial charge < -0.3 is 15.1 Å². The van der Waals surface area contributed by atoms with Crippen LogP contribution in [0, 0.1) is 0 Å². The highest BCUT2D eigenvalue weighted by molar-refractivity contribution is 6.00. The molecule has 0 unspecified atom stereocenters. The molecule has 0 radical (unpaired) electrons. The quantitative estimate of drug-likeness (QED) is 0.785. The number of carbonyl (C=O) groups excluding carboxylic acids is 1. The van der Waals surface area contributed by atoms with Crippen LogP contribution in [0.3, 0.4) is 0 Å². The molecule has 1 aromatic carbocycles. The van der Waals surface area contributed by atoms with Gasteiger partial charge in [-0.2, -0.15) is 0 Å². The smallest absolute Gasteiger partial charge is 0.231 e. The normalized spacial score (nSPS) is 14.6. The Morgan fingerprint density at radius 1 is 1.37 bits per heavy atom. The molecule has 1 aromatic rings. The van der Waals surface area contributed by atoms with Gasteiger partial charge in [0.05, 0.1) is 25.7 Å². The summed E-state index contributed by atoms with van der Waals surface area (Å²) in [5, 5.41) is 18.3. The second-order valence-corrected chi connectivity index (χ2v) is 5.03. The molecule has 2 rings (SSSR count). The van der Waals surface area contributed by atoms with Crippen LogP contribution in [-0.2, 0) is 17.8 Å². The zero-order chi connectivity index (χ0) is 14.0. The van der Waals surface area contributed by atoms with Crippen molar-refractivity contribution in [1.29, 1.82) is 0 Å². The van der Waals surface area contributed by atoms with Gasteiger partial charge in [-0.15, -0.1) is 0 Å². The van der Waals surface area contributed by atoms with Crippen molar-refractivity contribution in [3.8, 4) is 0 Å². The van der Waals surface area contributed by atoms with E-state index in [1.807, 2.05) is 30.1 Å². The van der Waals surface area contributed by atoms with Crippen molar-refractivity contribution >= 4 is 11.6 Å². The lowest BCUT2D eigenvalue weighted by molar-refractivity contribution is -0.117. The van der Waals surface area contributed by atoms with E-state index >= 15 is 0 Å². The number of aliphatic hydroxyl groups is 2. The highest BCUT2D eigenvalue weighted by Gasteiger charge is 2.24. The molecule has 1 aliphatic heterocycles. The number of likely N-dealkylation sites (N-methyl/N-ethyl adjacent to an activating group) is 2. The van der Waals surface area contributed by atoms with Crippen LogP contribution in [0.4, 0.5) is 5.69 Å². The molecule has 0 saturated carbocycles. The molecule has 0 saturated heterocycles. The number of rotatable bonds is 5. The first-order valence-electron chi connectivity index (χ1n) is 6.37. The Hall–Kier alpha value is -1.43. The van der Waals surface area contributed by atoms with Crippen LogP contribution in [0.2, 0.25) is 0 Å². The Balaban J connectivity index is 2.12. The molecule has 0 spiro atoms. The molecule has 1 heterocycles. The largest absolute Gasteiger partial charge is 0.395 e. The summed E-state index contributed by atoms with van der Waals surface area (Å²) < 4.78 is 0. The molecular formula is C14H20N2O3. The summed E-state index contributed by atoms with van der Waals surface area (Å²) in [4.78, 5) is 15.2. The second kappa shape index (κ2) is 5.69. The summed E-state index contributed by atoms with van der Waals surface area (Å²) in [7, 11) is 3.65. The van der Waals surface area contributed by atoms with Crippen LogP contribution in [0.25, 0.3) is 0 Å². The van der Waals surface area contributed by atoms with Crippen molar-refractivity contribution in [2.45, 2.75) is 19.0 Å². The van der Waals surface area contributed by atoms with E-state index in [4.69, 9.17) is 10.2 Å². The fraction of sp³-hybridized carbons (Fsp3) is 0.500. The van der Waals surface area contributed by atoms with Crippen molar-refractivity contribution in [2.24, 2.45) is 0 Å². The lowest BCUT2D eigenvalue weighted by Gasteiger charge is -2.24. The van der Waals surface area contributed by atoms with E-state index in [1.165, 1.54) is 0 Å². The number of hydrogen-bond acceptors (Lipinski definition) is 4. The molecule has 0 aromatic heterocycles. The Labute approximate surface area is 113 Å². The van der Waals surface area contributed by atoms with E-state index < -0.39 is 0 Å². The van der Waals surface area contributed by atoms with E-state index in [-0.39, 0.29) is 25.2 Å². The maximum absolute atomic E-state index is 11.6. The first-order valence-corrected chi connectivity index (χ1v) is 6.37. The summed E-state index contributed by atoms with van der Waals surface area (Å²) in [5.41, 5.74) is 3.09. The SMILES string of the molecule is CN1C(=O)Cc2cc(CN(C)C(CO)CO)ccc21. The number of amides is 1. The number of anilines is 1. The van der Waals surface area contributed by atoms with E-state index in [1.54, 1.807) is 11.9 Å². The molecule has 0 atom stereocenters. The third-order valence-corrected chi connectivity index (χ3v) is 3.70. The third kappa shape index (κ3) is 2.78. The highest BCUT2D eigenvalue weighted by atomic mass is 16.3. The van der Waals surface area contributed by atoms with E-state index in [0.29, 0.717) is 13.0 Å². The van der Waals surface area contributed by atoms with Gasteiger partial charge in [-0.05, 0) is 24.2 Å². The molecule has 0 fully saturated rings. The van der Waals surface area contributed by atoms with Crippen LogP contribution >= 0.6 is 0 Å². The number of hydrogen-bond donors (Lipinski definition) is 2. The van der Waals surface area contributed by atoms with Gasteiger partial charge in [-0.25, -0.2) is 0 Å². The van der Waals surface area contributed by atoms with Gasteiger partial charge >= 0.3 is 0 Å². The molecule has 2 N–H and O–H groups in total. The topological polar surface area (TPSA) is 64.0 Å². The van der Waals surface area contributed by atoms with Gasteiger partial charge in [0.15, 0.2) is 0 Å². The fourth-order valence-electron chi connectivity index (χ4n) is 2.38. The number of benzene rings is 1. The maximum atomic E-state index is 11.6. The van der Waals surface area contributed by atoms with Gasteiger partial charge in [-0.3, -0.25) is 9.69 Å². The number of aliphatic hydroxyl groups excluding tert-OH is 2. The number of nitrogens with zero attached hydrogens (tertiary/aromatic N) is 2. The fourth-order valence-corrected chi connectivity index (χ4v) is 2.38. The van der Waals surface area contributed by atoms with Gasteiger partial charge in [0.1, 0.15) is 0 Å². The van der Waals surface area contributed by atoms with E-state index in [9.17, 15) is 4.79 Å². The van der Waals surface area contributed by atoms with Crippen LogP contribution in [0.5, 0.6) is 0 Å². The van der Waals surface area contributed by atoms with Gasteiger partial charge in [0.2, 0.25) is 5.91 Å². The number of carbonyl (C=O) groups is 1. The Morgan fingerprint density at radius 2 is 2.05 bits per heavy atom. The minimum absolute atomic E-state index is 0.0703. The predicted molar refractivity (Wildman–Crippen MR) is 73.0 cm³/mol. The summed E-state index contributed by atoms with van der Waals surface area (Å²) in [6.07, 6.45) is 0.451. The summed E-state index contributed by atoms with van der Waals surface area (Å²) in [6.45, 7) is 0.495. The average molecular weight is 264 g/mol. The minimum Gasteiger partial charge on any atom is -0.395 e. The third-order valence-electron chi connectivity index (χ3n) is 3.70. The van der Waals surface area contributed by atoms with Crippen molar-refractivity contribution in [2.75, 3.05) is 32.2 Å². The average Bonchev–Trinajstić information content (AvgIpc) is 2.66. The van der Waals surface area contributed by atoms with E-state index in [2.05, 4.69) is 0 Å². The summed E-state index contributed by atoms with van der Waals surface area (Å²) in [5.74, 6) is 0.115. The lowest BCUT2D eigenvalue weighted by atomic mass is 10.1. The predicted octanol–water partition coefficient (Wildman–Crippen LogP) is -0.00950. The maximum Gasteiger partial charge on any atom is 0.231 e. The zero-order valence-corrected chi connectivity index (χ0v) is 11.3. The van der Waals surface area contributed by atoms with Crippen LogP contribution < -0.4 is 4.90 Å². The molecular weight excluding hydrogens is 244 g/mol. The second-order valence-electron chi connectivity index (χ2n) is 5.03. The molecule has 0 bridgehead atoms. The van der Waals surface area contributed by atoms with Gasteiger partial charge in [0.25, 0.3) is 0 Å². The zero-order valence-electron chi connectivity index (χ0n) is 11.3. The Kier molecular flexibility index (Phi) is 4.19. The highest BCUT2D eigenvalue weighted by Crippen LogP contribution is 2.28. The van der Waals surface area contributed by atoms with Crippen molar-refractivity contribution in [3.05, 3.63) is 29.3 Å². The molecule has 5 heteroatoms. The first-order chi connectivity index (χ1) is 9.06. The molecule has 19 heavy (non-hydrogen) atoms. The Bertz CT molecular complexity index is 472. The lowest BCUT2D eigenvalue weighted by Crippen LogP contribution is -2.37. The molecule has 5 nitrogen and oxygen atoms in total. The van der Waals surface area contributed by atoms with Crippen LogP contribution in [0.15, 0.2) is 18.2 Å². The van der Waals surface area contributed by atoms with Crippen molar-refractivity contribution < 1.29 is 15.0 Å². The first kappa shape index (κ1) is 14.0. The van der Waals surface area contributed by atoms with Crippen molar-refractivity contribution in [1.82, 2.24) is 4.90 Å². The van der Waals surface area contributed by atoms with Gasteiger partial charge in [0, 0.05) is 19.3 Å². The molecule has 1 amide bonds. The summed E-state index contributed by atoms with van der Waals surface area (Å²) >= 11 is 0. The van der Waals surface area contributed by atoms with E-state index in [0.717, 1.165) is 16.8 Å². The Morgan fingerprint density at radius 3 is 2.68 bits per heavy atom. The van der Waals surface area contributed by atoms with Crippen LogP contribution in [0.1, 0.15) is 11.1 Å².